The average Bonchev–Trinajstić information content (AvgIpc) is 3.08. The maximum absolute atomic E-state index is 12.2. The summed E-state index contributed by atoms with van der Waals surface area (Å²) in [5.74, 6) is -0.427. The first kappa shape index (κ1) is 43.2. The molecule has 3 rings (SSSR count). The third kappa shape index (κ3) is 13.9. The Hall–Kier alpha value is -2.21. The molecule has 15 heteroatoms. The van der Waals surface area contributed by atoms with Crippen molar-refractivity contribution in [1.29, 1.82) is 0 Å². The maximum atomic E-state index is 12.2. The van der Waals surface area contributed by atoms with Gasteiger partial charge in [0.15, 0.2) is 12.6 Å². The normalized spacial score (nSPS) is 29.8. The van der Waals surface area contributed by atoms with Gasteiger partial charge in [-0.1, -0.05) is 52.3 Å². The number of hydrogen-bond acceptors (Lipinski definition) is 14. The molecule has 2 aliphatic heterocycles. The summed E-state index contributed by atoms with van der Waals surface area (Å²) < 4.78 is 81.9. The fourth-order valence-electron chi connectivity index (χ4n) is 5.92. The molecule has 2 fully saturated rings. The lowest BCUT2D eigenvalue weighted by atomic mass is 9.78. The van der Waals surface area contributed by atoms with Crippen LogP contribution in [0.15, 0.2) is 29.2 Å². The SMILES string of the molecule is CC(=O)OCC1O[C@@H](OCCOCCOCCOCCOS(=O)(=O)c2ccc(C)cc2)C(C)[C@@H](C)[C@@H]1O[C@@H]1OC(COC(C)=O)[C@H](C)[C@H](C)C1C. The molecule has 4 unspecified atom stereocenters. The highest BCUT2D eigenvalue weighted by atomic mass is 32.2. The Bertz CT molecular complexity index is 1290. The van der Waals surface area contributed by atoms with Crippen molar-refractivity contribution in [2.24, 2.45) is 29.6 Å². The van der Waals surface area contributed by atoms with E-state index in [1.807, 2.05) is 13.8 Å². The third-order valence-electron chi connectivity index (χ3n) is 9.66. The largest absolute Gasteiger partial charge is 0.463 e. The summed E-state index contributed by atoms with van der Waals surface area (Å²) in [5, 5.41) is 0. The summed E-state index contributed by atoms with van der Waals surface area (Å²) >= 11 is 0. The number of carbonyl (C=O) groups is 2. The molecule has 2 heterocycles. The molecule has 0 saturated carbocycles. The van der Waals surface area contributed by atoms with Gasteiger partial charge in [-0.25, -0.2) is 0 Å². The summed E-state index contributed by atoms with van der Waals surface area (Å²) in [6.45, 7) is 17.1. The minimum atomic E-state index is -3.82. The lowest BCUT2D eigenvalue weighted by Gasteiger charge is -2.48. The van der Waals surface area contributed by atoms with Gasteiger partial charge in [-0.3, -0.25) is 13.8 Å². The molecule has 0 aliphatic carbocycles. The van der Waals surface area contributed by atoms with Crippen molar-refractivity contribution < 1.29 is 64.8 Å². The van der Waals surface area contributed by atoms with Crippen molar-refractivity contribution in [3.8, 4) is 0 Å². The molecule has 2 saturated heterocycles. The van der Waals surface area contributed by atoms with Crippen LogP contribution in [-0.2, 0) is 66.5 Å². The topological polar surface area (TPSA) is 161 Å². The van der Waals surface area contributed by atoms with Crippen molar-refractivity contribution in [1.82, 2.24) is 0 Å². The van der Waals surface area contributed by atoms with Gasteiger partial charge in [0.2, 0.25) is 0 Å². The molecule has 0 N–H and O–H groups in total. The van der Waals surface area contributed by atoms with Crippen LogP contribution in [0.5, 0.6) is 0 Å². The first-order chi connectivity index (χ1) is 24.2. The number of esters is 2. The fourth-order valence-corrected chi connectivity index (χ4v) is 6.82. The second kappa shape index (κ2) is 21.5. The van der Waals surface area contributed by atoms with Gasteiger partial charge >= 0.3 is 11.9 Å². The zero-order chi connectivity index (χ0) is 37.6. The Morgan fingerprint density at radius 3 is 1.69 bits per heavy atom. The zero-order valence-corrected chi connectivity index (χ0v) is 32.1. The van der Waals surface area contributed by atoms with Crippen molar-refractivity contribution >= 4 is 22.1 Å². The van der Waals surface area contributed by atoms with Gasteiger partial charge in [-0.15, -0.1) is 0 Å². The molecule has 1 aromatic carbocycles. The van der Waals surface area contributed by atoms with E-state index in [2.05, 4.69) is 27.7 Å². The number of rotatable bonds is 21. The van der Waals surface area contributed by atoms with Crippen LogP contribution >= 0.6 is 0 Å². The predicted octanol–water partition coefficient (Wildman–Crippen LogP) is 3.91. The highest BCUT2D eigenvalue weighted by molar-refractivity contribution is 7.86. The van der Waals surface area contributed by atoms with Gasteiger partial charge in [0.1, 0.15) is 19.3 Å². The van der Waals surface area contributed by atoms with E-state index in [-0.39, 0.29) is 86.2 Å². The minimum absolute atomic E-state index is 0.00202. The first-order valence-electron chi connectivity index (χ1n) is 17.7. The summed E-state index contributed by atoms with van der Waals surface area (Å²) in [5.41, 5.74) is 0.960. The van der Waals surface area contributed by atoms with E-state index in [9.17, 15) is 18.0 Å². The molecule has 0 radical (unpaired) electrons. The Morgan fingerprint density at radius 1 is 0.627 bits per heavy atom. The summed E-state index contributed by atoms with van der Waals surface area (Å²) in [7, 11) is -3.82. The highest BCUT2D eigenvalue weighted by Gasteiger charge is 2.47. The van der Waals surface area contributed by atoms with Crippen LogP contribution in [0.2, 0.25) is 0 Å². The molecule has 51 heavy (non-hydrogen) atoms. The lowest BCUT2D eigenvalue weighted by Crippen LogP contribution is -2.56. The number of hydrogen-bond donors (Lipinski definition) is 0. The number of ether oxygens (including phenoxy) is 9. The number of carbonyl (C=O) groups excluding carboxylic acids is 2. The third-order valence-corrected chi connectivity index (χ3v) is 11.0. The highest BCUT2D eigenvalue weighted by Crippen LogP contribution is 2.40. The van der Waals surface area contributed by atoms with E-state index in [0.29, 0.717) is 26.4 Å². The second-order valence-corrected chi connectivity index (χ2v) is 15.0. The van der Waals surface area contributed by atoms with E-state index in [0.717, 1.165) is 5.56 Å². The molecule has 0 spiro atoms. The first-order valence-corrected chi connectivity index (χ1v) is 19.2. The molecule has 0 amide bonds. The number of benzene rings is 1. The summed E-state index contributed by atoms with van der Waals surface area (Å²) in [6.07, 6.45) is -2.50. The van der Waals surface area contributed by atoms with E-state index in [1.54, 1.807) is 12.1 Å². The van der Waals surface area contributed by atoms with Crippen LogP contribution in [0.1, 0.15) is 54.0 Å². The van der Waals surface area contributed by atoms with Crippen LogP contribution in [0.25, 0.3) is 0 Å². The predicted molar refractivity (Wildman–Crippen MR) is 184 cm³/mol. The Morgan fingerprint density at radius 2 is 1.12 bits per heavy atom. The van der Waals surface area contributed by atoms with Crippen LogP contribution in [0.3, 0.4) is 0 Å². The quantitative estimate of drug-likeness (QED) is 0.101. The summed E-state index contributed by atoms with van der Waals surface area (Å²) in [6, 6.07) is 6.44. The van der Waals surface area contributed by atoms with Gasteiger partial charge in [0.05, 0.1) is 70.0 Å². The molecular formula is C36H58O14S. The Kier molecular flexibility index (Phi) is 18.2. The maximum Gasteiger partial charge on any atom is 0.302 e. The monoisotopic (exact) mass is 746 g/mol. The standard InChI is InChI=1S/C36H58O14S/c1-23-9-11-31(12-10-23)51(39,40)47-20-18-43-16-14-41-13-15-42-17-19-44-35-28(6)26(4)34(33(49-35)22-46-30(8)38)50-36-27(5)24(2)25(3)32(48-36)21-45-29(7)37/h9-12,24-28,32-36H,13-22H2,1-8H3/t24-,25+,26+,27?,28?,32?,33?,34-,35+,36-/m0/s1. The van der Waals surface area contributed by atoms with Gasteiger partial charge in [0.25, 0.3) is 10.1 Å². The molecule has 1 aromatic rings. The van der Waals surface area contributed by atoms with Crippen molar-refractivity contribution in [3.63, 3.8) is 0 Å². The Balaban J connectivity index is 1.35. The van der Waals surface area contributed by atoms with Gasteiger partial charge in [-0.2, -0.15) is 8.42 Å². The van der Waals surface area contributed by atoms with E-state index in [4.69, 9.17) is 46.8 Å². The van der Waals surface area contributed by atoms with Crippen LogP contribution in [0.4, 0.5) is 0 Å². The van der Waals surface area contributed by atoms with Gasteiger partial charge < -0.3 is 42.6 Å². The van der Waals surface area contributed by atoms with Crippen LogP contribution < -0.4 is 0 Å². The molecular weight excluding hydrogens is 688 g/mol. The molecule has 2 aliphatic rings. The van der Waals surface area contributed by atoms with E-state index in [1.165, 1.54) is 26.0 Å². The van der Waals surface area contributed by atoms with E-state index >= 15 is 0 Å². The van der Waals surface area contributed by atoms with Gasteiger partial charge in [-0.05, 0) is 36.8 Å². The van der Waals surface area contributed by atoms with Crippen molar-refractivity contribution in [3.05, 3.63) is 29.8 Å². The van der Waals surface area contributed by atoms with Crippen molar-refractivity contribution in [2.75, 3.05) is 66.1 Å². The average molecular weight is 747 g/mol. The molecule has 0 bridgehead atoms. The number of aryl methyl sites for hydroxylation is 1. The zero-order valence-electron chi connectivity index (χ0n) is 31.3. The minimum Gasteiger partial charge on any atom is -0.463 e. The van der Waals surface area contributed by atoms with Crippen LogP contribution in [-0.4, -0.2) is 117 Å². The molecule has 0 aromatic heterocycles. The van der Waals surface area contributed by atoms with Crippen LogP contribution in [0, 0.1) is 36.5 Å². The Labute approximate surface area is 303 Å². The molecule has 10 atom stereocenters. The van der Waals surface area contributed by atoms with Gasteiger partial charge in [0, 0.05) is 25.7 Å². The smallest absolute Gasteiger partial charge is 0.302 e. The fraction of sp³-hybridized carbons (Fsp3) is 0.778. The molecule has 292 valence electrons. The van der Waals surface area contributed by atoms with Crippen molar-refractivity contribution in [2.45, 2.75) is 91.2 Å². The second-order valence-electron chi connectivity index (χ2n) is 13.4. The van der Waals surface area contributed by atoms with E-state index < -0.39 is 40.9 Å². The lowest BCUT2D eigenvalue weighted by molar-refractivity contribution is -0.329. The molecule has 14 nitrogen and oxygen atoms in total. The summed E-state index contributed by atoms with van der Waals surface area (Å²) in [4.78, 5) is 23.3.